The Kier molecular flexibility index (Phi) is 4.52. The summed E-state index contributed by atoms with van der Waals surface area (Å²) in [6.45, 7) is 2.21. The third kappa shape index (κ3) is 2.81. The van der Waals surface area contributed by atoms with Gasteiger partial charge in [-0.3, -0.25) is 0 Å². The van der Waals surface area contributed by atoms with Crippen LogP contribution in [0.1, 0.15) is 66.4 Å². The Bertz CT molecular complexity index is 1020. The van der Waals surface area contributed by atoms with Gasteiger partial charge in [-0.2, -0.15) is 0 Å². The lowest BCUT2D eigenvalue weighted by Crippen LogP contribution is -2.50. The number of hydrogen-bond acceptors (Lipinski definition) is 3. The lowest BCUT2D eigenvalue weighted by Gasteiger charge is -2.52. The molecule has 0 saturated heterocycles. The molecule has 5 atom stereocenters. The Labute approximate surface area is 178 Å². The molecule has 5 rings (SSSR count). The summed E-state index contributed by atoms with van der Waals surface area (Å²) in [6.07, 6.45) is 11.6. The Morgan fingerprint density at radius 3 is 2.70 bits per heavy atom. The number of aliphatic hydroxyl groups is 1. The highest BCUT2D eigenvalue weighted by molar-refractivity contribution is 5.91. The molecule has 0 aliphatic heterocycles. The summed E-state index contributed by atoms with van der Waals surface area (Å²) >= 11 is 0. The summed E-state index contributed by atoms with van der Waals surface area (Å²) in [4.78, 5) is 12.4. The van der Waals surface area contributed by atoms with Crippen LogP contribution in [0.3, 0.4) is 0 Å². The molecule has 30 heavy (non-hydrogen) atoms. The van der Waals surface area contributed by atoms with Gasteiger partial charge in [0.1, 0.15) is 11.4 Å². The van der Waals surface area contributed by atoms with Crippen molar-refractivity contribution in [3.63, 3.8) is 0 Å². The molecule has 3 nitrogen and oxygen atoms in total. The van der Waals surface area contributed by atoms with Crippen molar-refractivity contribution in [1.82, 2.24) is 0 Å². The minimum atomic E-state index is -0.960. The number of hydrogen-bond donors (Lipinski definition) is 1. The topological polar surface area (TPSA) is 46.5 Å². The summed E-state index contributed by atoms with van der Waals surface area (Å²) < 4.78 is 5.64. The van der Waals surface area contributed by atoms with Crippen molar-refractivity contribution in [3.8, 4) is 18.1 Å². The highest BCUT2D eigenvalue weighted by Crippen LogP contribution is 2.64. The highest BCUT2D eigenvalue weighted by Gasteiger charge is 2.61. The van der Waals surface area contributed by atoms with Gasteiger partial charge in [-0.15, -0.1) is 6.42 Å². The first-order chi connectivity index (χ1) is 14.4. The van der Waals surface area contributed by atoms with Gasteiger partial charge in [0.25, 0.3) is 0 Å². The molecule has 3 aliphatic rings. The van der Waals surface area contributed by atoms with Crippen LogP contribution < -0.4 is 4.74 Å². The van der Waals surface area contributed by atoms with Crippen LogP contribution in [0.25, 0.3) is 0 Å². The van der Waals surface area contributed by atoms with Crippen LogP contribution >= 0.6 is 0 Å². The summed E-state index contributed by atoms with van der Waals surface area (Å²) in [6, 6.07) is 15.2. The fraction of sp³-hybridized carbons (Fsp3) is 0.444. The monoisotopic (exact) mass is 400 g/mol. The van der Waals surface area contributed by atoms with Crippen molar-refractivity contribution in [2.24, 2.45) is 17.3 Å². The molecule has 0 radical (unpaired) electrons. The van der Waals surface area contributed by atoms with Gasteiger partial charge in [-0.05, 0) is 91.7 Å². The number of terminal acetylenes is 1. The molecule has 2 aromatic rings. The second kappa shape index (κ2) is 7.00. The van der Waals surface area contributed by atoms with Gasteiger partial charge in [0, 0.05) is 5.41 Å². The van der Waals surface area contributed by atoms with Gasteiger partial charge in [0.05, 0.1) is 5.56 Å². The number of carbonyl (C=O) groups is 1. The molecule has 0 amide bonds. The molecule has 154 valence electrons. The van der Waals surface area contributed by atoms with Crippen molar-refractivity contribution < 1.29 is 14.6 Å². The first-order valence-electron chi connectivity index (χ1n) is 11.1. The van der Waals surface area contributed by atoms with E-state index in [0.29, 0.717) is 29.1 Å². The molecule has 0 spiro atoms. The van der Waals surface area contributed by atoms with Crippen molar-refractivity contribution in [1.29, 1.82) is 0 Å². The number of ether oxygens (including phenoxy) is 1. The molecule has 0 bridgehead atoms. The molecule has 0 aromatic heterocycles. The van der Waals surface area contributed by atoms with Crippen LogP contribution in [0.4, 0.5) is 0 Å². The number of aryl methyl sites for hydroxylation is 1. The lowest BCUT2D eigenvalue weighted by atomic mass is 9.53. The fourth-order valence-corrected chi connectivity index (χ4v) is 6.62. The van der Waals surface area contributed by atoms with Crippen LogP contribution in [0.5, 0.6) is 5.75 Å². The predicted molar refractivity (Wildman–Crippen MR) is 116 cm³/mol. The third-order valence-electron chi connectivity index (χ3n) is 8.31. The Hall–Kier alpha value is -2.57. The van der Waals surface area contributed by atoms with E-state index in [2.05, 4.69) is 18.9 Å². The first-order valence-corrected chi connectivity index (χ1v) is 11.1. The number of benzene rings is 2. The summed E-state index contributed by atoms with van der Waals surface area (Å²) in [7, 11) is 0. The van der Waals surface area contributed by atoms with Gasteiger partial charge in [0.15, 0.2) is 0 Å². The first kappa shape index (κ1) is 19.4. The van der Waals surface area contributed by atoms with E-state index in [0.717, 1.165) is 38.5 Å². The predicted octanol–water partition coefficient (Wildman–Crippen LogP) is 5.13. The van der Waals surface area contributed by atoms with E-state index in [-0.39, 0.29) is 11.4 Å². The minimum Gasteiger partial charge on any atom is -0.423 e. The maximum absolute atomic E-state index is 12.4. The molecule has 2 fully saturated rings. The van der Waals surface area contributed by atoms with E-state index in [1.165, 1.54) is 11.1 Å². The third-order valence-corrected chi connectivity index (χ3v) is 8.31. The maximum atomic E-state index is 12.4. The fourth-order valence-electron chi connectivity index (χ4n) is 6.62. The van der Waals surface area contributed by atoms with Crippen LogP contribution in [0.2, 0.25) is 0 Å². The number of fused-ring (bicyclic) bond motifs is 5. The van der Waals surface area contributed by atoms with Crippen LogP contribution in [-0.2, 0) is 6.42 Å². The summed E-state index contributed by atoms with van der Waals surface area (Å²) in [5.74, 6) is 4.58. The molecular weight excluding hydrogens is 372 g/mol. The van der Waals surface area contributed by atoms with Gasteiger partial charge < -0.3 is 9.84 Å². The standard InChI is InChI=1S/C27H28O3/c1-3-27(29)16-14-24-23-11-9-19-17-20(30-25(28)18-7-5-4-6-8-18)10-12-21(19)22(23)13-15-26(24,27)2/h1,4-8,10,12,17,22-24,29H,9,11,13-16H2,2H3/t22-,23-,24+,26?,27+/m1/s1. The normalized spacial score (nSPS) is 34.2. The van der Waals surface area contributed by atoms with Gasteiger partial charge >= 0.3 is 5.97 Å². The van der Waals surface area contributed by atoms with Crippen LogP contribution in [0.15, 0.2) is 48.5 Å². The van der Waals surface area contributed by atoms with E-state index in [9.17, 15) is 9.90 Å². The van der Waals surface area contributed by atoms with Crippen LogP contribution in [0, 0.1) is 29.6 Å². The maximum Gasteiger partial charge on any atom is 0.343 e. The minimum absolute atomic E-state index is 0.175. The van der Waals surface area contributed by atoms with E-state index in [1.807, 2.05) is 30.3 Å². The smallest absolute Gasteiger partial charge is 0.343 e. The Morgan fingerprint density at radius 2 is 1.93 bits per heavy atom. The highest BCUT2D eigenvalue weighted by atomic mass is 16.5. The molecule has 0 heterocycles. The van der Waals surface area contributed by atoms with Crippen molar-refractivity contribution >= 4 is 5.97 Å². The zero-order valence-corrected chi connectivity index (χ0v) is 17.4. The largest absolute Gasteiger partial charge is 0.423 e. The molecule has 2 saturated carbocycles. The van der Waals surface area contributed by atoms with E-state index in [4.69, 9.17) is 11.2 Å². The van der Waals surface area contributed by atoms with E-state index < -0.39 is 5.60 Å². The molecule has 2 aromatic carbocycles. The van der Waals surface area contributed by atoms with Gasteiger partial charge in [-0.1, -0.05) is 37.1 Å². The average Bonchev–Trinajstić information content (AvgIpc) is 3.05. The Balaban J connectivity index is 1.38. The zero-order valence-electron chi connectivity index (χ0n) is 17.4. The summed E-state index contributed by atoms with van der Waals surface area (Å²) in [5.41, 5.74) is 2.11. The molecule has 1 unspecified atom stereocenters. The SMILES string of the molecule is C#C[C@]1(O)CC[C@H]2[C@@H]3CCc4cc(OC(=O)c5ccccc5)ccc4[C@H]3CCC21C. The molecule has 1 N–H and O–H groups in total. The van der Waals surface area contributed by atoms with Gasteiger partial charge in [-0.25, -0.2) is 4.79 Å². The zero-order chi connectivity index (χ0) is 20.9. The average molecular weight is 401 g/mol. The van der Waals surface area contributed by atoms with Crippen molar-refractivity contribution in [2.45, 2.75) is 57.0 Å². The number of carbonyl (C=O) groups excluding carboxylic acids is 1. The second-order valence-electron chi connectivity index (χ2n) is 9.53. The van der Waals surface area contributed by atoms with E-state index >= 15 is 0 Å². The second-order valence-corrected chi connectivity index (χ2v) is 9.53. The van der Waals surface area contributed by atoms with Crippen molar-refractivity contribution in [3.05, 3.63) is 65.2 Å². The van der Waals surface area contributed by atoms with Crippen LogP contribution in [-0.4, -0.2) is 16.7 Å². The van der Waals surface area contributed by atoms with Gasteiger partial charge in [0.2, 0.25) is 0 Å². The quantitative estimate of drug-likeness (QED) is 0.432. The summed E-state index contributed by atoms with van der Waals surface area (Å²) in [5, 5.41) is 11.1. The number of esters is 1. The molecule has 3 heteroatoms. The molecular formula is C27H28O3. The molecule has 3 aliphatic carbocycles. The Morgan fingerprint density at radius 1 is 1.13 bits per heavy atom. The van der Waals surface area contributed by atoms with Crippen molar-refractivity contribution in [2.75, 3.05) is 0 Å². The number of rotatable bonds is 2. The lowest BCUT2D eigenvalue weighted by molar-refractivity contribution is -0.0646. The van der Waals surface area contributed by atoms with E-state index in [1.54, 1.807) is 12.1 Å².